The number of nitrogens with one attached hydrogen (secondary N) is 1. The van der Waals surface area contributed by atoms with Crippen molar-refractivity contribution >= 4 is 5.69 Å². The maximum atomic E-state index is 6.34. The van der Waals surface area contributed by atoms with Crippen molar-refractivity contribution in [1.29, 1.82) is 0 Å². The summed E-state index contributed by atoms with van der Waals surface area (Å²) < 4.78 is 6.34. The van der Waals surface area contributed by atoms with Gasteiger partial charge in [0.05, 0.1) is 5.41 Å². The van der Waals surface area contributed by atoms with Crippen LogP contribution in [0.25, 0.3) is 0 Å². The standard InChI is InChI=1S/C21H25NO/c1-4-5-12-21-16-8-6-7-9-18(16)22-20(21)23-19-11-10-15(14(2)3)13-17(19)21/h6-11,13-14,20,22H,4-5,12H2,1-3H3/t20-,21+/m0/s1. The number of hydrogen-bond acceptors (Lipinski definition) is 2. The SMILES string of the molecule is CCCC[C@]12c3ccccc3N[C@H]1Oc1ccc(C(C)C)cc12. The van der Waals surface area contributed by atoms with Crippen LogP contribution in [-0.2, 0) is 5.41 Å². The van der Waals surface area contributed by atoms with E-state index in [4.69, 9.17) is 4.74 Å². The molecule has 0 spiro atoms. The summed E-state index contributed by atoms with van der Waals surface area (Å²) in [4.78, 5) is 0. The molecule has 120 valence electrons. The predicted molar refractivity (Wildman–Crippen MR) is 95.3 cm³/mol. The van der Waals surface area contributed by atoms with E-state index in [1.165, 1.54) is 35.2 Å². The minimum atomic E-state index is -0.0349. The predicted octanol–water partition coefficient (Wildman–Crippen LogP) is 5.43. The van der Waals surface area contributed by atoms with Crippen LogP contribution in [0.4, 0.5) is 5.69 Å². The maximum absolute atomic E-state index is 6.34. The number of benzene rings is 2. The van der Waals surface area contributed by atoms with E-state index in [2.05, 4.69) is 68.6 Å². The summed E-state index contributed by atoms with van der Waals surface area (Å²) in [7, 11) is 0. The fraction of sp³-hybridized carbons (Fsp3) is 0.429. The molecule has 0 saturated carbocycles. The van der Waals surface area contributed by atoms with Gasteiger partial charge in [-0.25, -0.2) is 0 Å². The highest BCUT2D eigenvalue weighted by molar-refractivity contribution is 5.69. The smallest absolute Gasteiger partial charge is 0.184 e. The molecule has 4 rings (SSSR count). The zero-order valence-corrected chi connectivity index (χ0v) is 14.2. The molecule has 0 amide bonds. The number of fused-ring (bicyclic) bond motifs is 5. The van der Waals surface area contributed by atoms with Gasteiger partial charge in [-0.1, -0.05) is 63.9 Å². The molecule has 2 aliphatic heterocycles. The minimum Gasteiger partial charge on any atom is -0.469 e. The van der Waals surface area contributed by atoms with E-state index in [1.54, 1.807) is 0 Å². The molecule has 0 fully saturated rings. The van der Waals surface area contributed by atoms with E-state index in [9.17, 15) is 0 Å². The molecule has 2 heteroatoms. The number of ether oxygens (including phenoxy) is 1. The van der Waals surface area contributed by atoms with Gasteiger partial charge in [0.15, 0.2) is 6.23 Å². The van der Waals surface area contributed by atoms with E-state index in [-0.39, 0.29) is 11.6 Å². The Balaban J connectivity index is 1.91. The lowest BCUT2D eigenvalue weighted by Crippen LogP contribution is -2.38. The van der Waals surface area contributed by atoms with E-state index in [0.717, 1.165) is 12.2 Å². The Hall–Kier alpha value is -1.96. The van der Waals surface area contributed by atoms with Crippen LogP contribution >= 0.6 is 0 Å². The lowest BCUT2D eigenvalue weighted by atomic mass is 9.71. The normalized spacial score (nSPS) is 23.9. The van der Waals surface area contributed by atoms with Crippen molar-refractivity contribution in [2.24, 2.45) is 0 Å². The Morgan fingerprint density at radius 1 is 1.13 bits per heavy atom. The molecule has 0 unspecified atom stereocenters. The monoisotopic (exact) mass is 307 g/mol. The minimum absolute atomic E-state index is 0.0314. The second-order valence-electron chi connectivity index (χ2n) is 7.17. The van der Waals surface area contributed by atoms with Crippen molar-refractivity contribution in [3.05, 3.63) is 59.2 Å². The maximum Gasteiger partial charge on any atom is 0.184 e. The molecule has 2 atom stereocenters. The topological polar surface area (TPSA) is 21.3 Å². The second kappa shape index (κ2) is 5.30. The van der Waals surface area contributed by atoms with Crippen molar-refractivity contribution in [2.45, 2.75) is 57.6 Å². The summed E-state index contributed by atoms with van der Waals surface area (Å²) in [5.74, 6) is 1.59. The van der Waals surface area contributed by atoms with Crippen LogP contribution in [0, 0.1) is 0 Å². The molecule has 1 N–H and O–H groups in total. The van der Waals surface area contributed by atoms with Gasteiger partial charge >= 0.3 is 0 Å². The number of hydrogen-bond donors (Lipinski definition) is 1. The van der Waals surface area contributed by atoms with Crippen LogP contribution in [-0.4, -0.2) is 6.23 Å². The highest BCUT2D eigenvalue weighted by Crippen LogP contribution is 2.56. The first-order valence-corrected chi connectivity index (χ1v) is 8.84. The largest absolute Gasteiger partial charge is 0.469 e. The van der Waals surface area contributed by atoms with Crippen molar-refractivity contribution in [2.75, 3.05) is 5.32 Å². The van der Waals surface area contributed by atoms with Gasteiger partial charge < -0.3 is 10.1 Å². The third-order valence-corrected chi connectivity index (χ3v) is 5.46. The van der Waals surface area contributed by atoms with Gasteiger partial charge in [-0.3, -0.25) is 0 Å². The highest BCUT2D eigenvalue weighted by Gasteiger charge is 2.54. The van der Waals surface area contributed by atoms with Crippen LogP contribution in [0.3, 0.4) is 0 Å². The van der Waals surface area contributed by atoms with Crippen molar-refractivity contribution in [3.8, 4) is 5.75 Å². The average molecular weight is 307 g/mol. The number of anilines is 1. The van der Waals surface area contributed by atoms with Crippen molar-refractivity contribution in [3.63, 3.8) is 0 Å². The Kier molecular flexibility index (Phi) is 3.37. The second-order valence-corrected chi connectivity index (χ2v) is 7.17. The lowest BCUT2D eigenvalue weighted by Gasteiger charge is -2.29. The number of para-hydroxylation sites is 1. The van der Waals surface area contributed by atoms with Gasteiger partial charge in [-0.2, -0.15) is 0 Å². The van der Waals surface area contributed by atoms with E-state index >= 15 is 0 Å². The summed E-state index contributed by atoms with van der Waals surface area (Å²) in [6.07, 6.45) is 3.58. The summed E-state index contributed by atoms with van der Waals surface area (Å²) in [5, 5.41) is 3.62. The molecule has 0 aromatic heterocycles. The van der Waals surface area contributed by atoms with Gasteiger partial charge in [0.2, 0.25) is 0 Å². The Morgan fingerprint density at radius 2 is 1.96 bits per heavy atom. The fourth-order valence-corrected chi connectivity index (χ4v) is 4.16. The molecule has 2 nitrogen and oxygen atoms in total. The van der Waals surface area contributed by atoms with Crippen LogP contribution in [0.2, 0.25) is 0 Å². The molecule has 23 heavy (non-hydrogen) atoms. The summed E-state index contributed by atoms with van der Waals surface area (Å²) in [5.41, 5.74) is 5.37. The number of rotatable bonds is 4. The van der Waals surface area contributed by atoms with Crippen molar-refractivity contribution < 1.29 is 4.74 Å². The molecular formula is C21H25NO. The molecule has 0 radical (unpaired) electrons. The molecule has 0 bridgehead atoms. The fourth-order valence-electron chi connectivity index (χ4n) is 4.16. The quantitative estimate of drug-likeness (QED) is 0.813. The molecule has 2 aromatic carbocycles. The van der Waals surface area contributed by atoms with Gasteiger partial charge in [-0.05, 0) is 35.6 Å². The first kappa shape index (κ1) is 14.6. The molecule has 2 aromatic rings. The Morgan fingerprint density at radius 3 is 2.74 bits per heavy atom. The zero-order chi connectivity index (χ0) is 16.0. The lowest BCUT2D eigenvalue weighted by molar-refractivity contribution is 0.198. The number of unbranched alkanes of at least 4 members (excludes halogenated alkanes) is 1. The highest BCUT2D eigenvalue weighted by atomic mass is 16.5. The van der Waals surface area contributed by atoms with E-state index in [1.807, 2.05) is 0 Å². The molecule has 2 heterocycles. The molecule has 0 aliphatic carbocycles. The summed E-state index contributed by atoms with van der Waals surface area (Å²) in [6, 6.07) is 15.5. The van der Waals surface area contributed by atoms with Gasteiger partial charge in [0, 0.05) is 11.3 Å². The van der Waals surface area contributed by atoms with Crippen LogP contribution in [0.1, 0.15) is 62.6 Å². The molecule has 2 aliphatic rings. The first-order chi connectivity index (χ1) is 11.2. The summed E-state index contributed by atoms with van der Waals surface area (Å²) in [6.45, 7) is 6.78. The third-order valence-electron chi connectivity index (χ3n) is 5.46. The van der Waals surface area contributed by atoms with Crippen LogP contribution < -0.4 is 10.1 Å². The zero-order valence-electron chi connectivity index (χ0n) is 14.2. The van der Waals surface area contributed by atoms with Crippen molar-refractivity contribution in [1.82, 2.24) is 0 Å². The molecular weight excluding hydrogens is 282 g/mol. The van der Waals surface area contributed by atoms with Crippen LogP contribution in [0.15, 0.2) is 42.5 Å². The van der Waals surface area contributed by atoms with Gasteiger partial charge in [0.25, 0.3) is 0 Å². The Bertz CT molecular complexity index is 736. The first-order valence-electron chi connectivity index (χ1n) is 8.84. The van der Waals surface area contributed by atoms with Gasteiger partial charge in [0.1, 0.15) is 5.75 Å². The average Bonchev–Trinajstić information content (AvgIpc) is 3.03. The Labute approximate surface area is 138 Å². The van der Waals surface area contributed by atoms with Crippen LogP contribution in [0.5, 0.6) is 5.75 Å². The van der Waals surface area contributed by atoms with E-state index in [0.29, 0.717) is 5.92 Å². The molecule has 0 saturated heterocycles. The third kappa shape index (κ3) is 2.00. The summed E-state index contributed by atoms with van der Waals surface area (Å²) >= 11 is 0. The van der Waals surface area contributed by atoms with Gasteiger partial charge in [-0.15, -0.1) is 0 Å². The van der Waals surface area contributed by atoms with E-state index < -0.39 is 0 Å².